The van der Waals surface area contributed by atoms with Gasteiger partial charge < -0.3 is 100 Å². The molecule has 4 aliphatic rings. The molecule has 1 aliphatic carbocycles. The summed E-state index contributed by atoms with van der Waals surface area (Å²) in [6.07, 6.45) is 16.6. The lowest BCUT2D eigenvalue weighted by Gasteiger charge is -2.42. The lowest BCUT2D eigenvalue weighted by atomic mass is 9.79. The average molecular weight is 1740 g/mol. The van der Waals surface area contributed by atoms with Gasteiger partial charge in [-0.3, -0.25) is 33.6 Å². The van der Waals surface area contributed by atoms with E-state index < -0.39 is 83.8 Å². The van der Waals surface area contributed by atoms with Gasteiger partial charge in [-0.15, -0.1) is 5.10 Å². The number of hydrogen-bond acceptors (Lipinski definition) is 30. The fourth-order valence-electron chi connectivity index (χ4n) is 16.3. The van der Waals surface area contributed by atoms with Crippen LogP contribution in [0.5, 0.6) is 0 Å². The van der Waals surface area contributed by atoms with Crippen LogP contribution in [-0.4, -0.2) is 270 Å². The van der Waals surface area contributed by atoms with Gasteiger partial charge in [0.25, 0.3) is 17.7 Å². The maximum atomic E-state index is 14.8. The summed E-state index contributed by atoms with van der Waals surface area (Å²) in [5, 5.41) is 46.7. The van der Waals surface area contributed by atoms with Crippen molar-refractivity contribution in [3.8, 4) is 11.3 Å². The Morgan fingerprint density at radius 2 is 1.42 bits per heavy atom. The second kappa shape index (κ2) is 50.2. The third-order valence-electron chi connectivity index (χ3n) is 23.5. The van der Waals surface area contributed by atoms with Crippen LogP contribution >= 0.6 is 0 Å². The number of anilines is 2. The first-order valence-corrected chi connectivity index (χ1v) is 43.7. The van der Waals surface area contributed by atoms with Crippen LogP contribution in [0.25, 0.3) is 33.4 Å². The van der Waals surface area contributed by atoms with Crippen LogP contribution < -0.4 is 33.2 Å². The monoisotopic (exact) mass is 1730 g/mol. The number of oxazole rings is 1. The molecule has 3 aliphatic heterocycles. The van der Waals surface area contributed by atoms with E-state index in [2.05, 4.69) is 41.2 Å². The third-order valence-corrected chi connectivity index (χ3v) is 23.5. The minimum Gasteiger partial charge on any atom is -0.459 e. The number of carbonyl (C=O) groups excluding carboxylic acids is 8. The van der Waals surface area contributed by atoms with Crippen molar-refractivity contribution in [2.45, 2.75) is 231 Å². The standard InChI is InChI=1S/C88H131N15O21/c1-55-18-11-10-12-19-56(2)71(114-7)51-64-26-23-60(6)88(113,124-64)82(110)85(111)101-34-15-13-21-68(101)86(112)122-72(52-69(104)57(3)47-59(5)80(109)81(116-9)79(108)58(4)46-55)65(89)48-61-24-27-67(73(49-61)115-8)103-53-63(98-100-103)20-17-22-74(105)93-32-38-120-43-45-121-44-41-118-37-30-76(107)94-33-39-119-42-40-117-36-29-75(106)92-31-14-16-35-102-84-77(83(90)95-54-96-84)78(99-102)62-25-28-70-66(50-62)97-87(91)123-70/h10-12,18-19,25,28,47,50,53-55,57-58,60-61,64-65,67-68,71-73,80-81,109,113H,13-17,20-24,26-27,29-46,48-49,51-52,89H2,1-9H3,(H2,91,97)(H,92,106)(H,93,105)(H,94,107)(H2,90,95,96)/b12-10?,18-11+,56-19?,59-47+/t55-,57-,58-,60-,61+,64+,65-,67+,68+,71+,72+,73-,80-,81+,88-/m1/s1. The number of Topliss-reactive ketones (excluding diaryl/α,β-unsaturated/α-hetero) is 3. The number of methoxy groups -OCH3 is 3. The highest BCUT2D eigenvalue weighted by Crippen LogP contribution is 2.40. The predicted octanol–water partition coefficient (Wildman–Crippen LogP) is 6.47. The minimum atomic E-state index is -2.50. The number of aliphatic hydroxyl groups is 2. The van der Waals surface area contributed by atoms with Crippen LogP contribution in [0.3, 0.4) is 0 Å². The van der Waals surface area contributed by atoms with E-state index in [0.717, 1.165) is 22.5 Å². The predicted molar refractivity (Wildman–Crippen MR) is 459 cm³/mol. The smallest absolute Gasteiger partial charge is 0.329 e. The van der Waals surface area contributed by atoms with Crippen molar-refractivity contribution >= 4 is 80.9 Å². The number of fused-ring (bicyclic) bond motifs is 5. The molecule has 5 aromatic rings. The third kappa shape index (κ3) is 29.2. The molecule has 2 saturated heterocycles. The number of unbranched alkanes of at least 4 members (excludes halogenated alkanes) is 1. The summed E-state index contributed by atoms with van der Waals surface area (Å²) in [6.45, 7) is 15.2. The number of hydrogen-bond donors (Lipinski definition) is 8. The zero-order chi connectivity index (χ0) is 89.2. The lowest BCUT2D eigenvalue weighted by molar-refractivity contribution is -0.265. The Morgan fingerprint density at radius 1 is 0.734 bits per heavy atom. The summed E-state index contributed by atoms with van der Waals surface area (Å²) < 4.78 is 67.0. The van der Waals surface area contributed by atoms with Gasteiger partial charge in [-0.25, -0.2) is 24.1 Å². The number of carbonyl (C=O) groups is 8. The summed E-state index contributed by atoms with van der Waals surface area (Å²) in [7, 11) is 4.54. The average Bonchev–Trinajstić information content (AvgIpc) is 1.49. The number of piperidine rings is 1. The topological polar surface area (TPSA) is 487 Å². The quantitative estimate of drug-likeness (QED) is 0.00908. The van der Waals surface area contributed by atoms with Gasteiger partial charge in [0.05, 0.1) is 102 Å². The van der Waals surface area contributed by atoms with Crippen LogP contribution in [0.2, 0.25) is 0 Å². The van der Waals surface area contributed by atoms with Gasteiger partial charge in [0.2, 0.25) is 23.5 Å². The number of nitrogen functional groups attached to an aromatic ring is 2. The van der Waals surface area contributed by atoms with Crippen molar-refractivity contribution in [3.05, 3.63) is 84.0 Å². The molecule has 0 radical (unpaired) electrons. The number of nitrogens with one attached hydrogen (secondary N) is 3. The number of nitrogens with zero attached hydrogens (tertiary/aromatic N) is 9. The van der Waals surface area contributed by atoms with Gasteiger partial charge in [0.1, 0.15) is 53.5 Å². The number of esters is 1. The maximum Gasteiger partial charge on any atom is 0.329 e. The molecule has 9 rings (SSSR count). The summed E-state index contributed by atoms with van der Waals surface area (Å²) in [6, 6.07) is 3.18. The van der Waals surface area contributed by atoms with E-state index in [-0.39, 0.29) is 118 Å². The molecule has 11 N–H and O–H groups in total. The molecule has 4 aromatic heterocycles. The van der Waals surface area contributed by atoms with Crippen LogP contribution in [0, 0.1) is 29.6 Å². The molecule has 124 heavy (non-hydrogen) atoms. The number of ketones is 3. The van der Waals surface area contributed by atoms with Crippen LogP contribution in [0.1, 0.15) is 169 Å². The highest BCUT2D eigenvalue weighted by Gasteiger charge is 2.53. The van der Waals surface area contributed by atoms with E-state index in [1.54, 1.807) is 63.4 Å². The highest BCUT2D eigenvalue weighted by molar-refractivity contribution is 6.39. The van der Waals surface area contributed by atoms with Crippen molar-refractivity contribution in [1.82, 2.24) is 60.6 Å². The van der Waals surface area contributed by atoms with Gasteiger partial charge in [-0.1, -0.05) is 69.4 Å². The number of allylic oxidation sites excluding steroid dienone is 6. The number of benzene rings is 1. The summed E-state index contributed by atoms with van der Waals surface area (Å²) in [4.78, 5) is 124. The number of rotatable bonds is 38. The lowest BCUT2D eigenvalue weighted by Crippen LogP contribution is -2.61. The summed E-state index contributed by atoms with van der Waals surface area (Å²) in [5.41, 5.74) is 24.2. The largest absolute Gasteiger partial charge is 0.459 e. The van der Waals surface area contributed by atoms with Gasteiger partial charge in [0.15, 0.2) is 17.0 Å². The Balaban J connectivity index is 0.626. The number of cyclic esters (lactones) is 1. The Labute approximate surface area is 724 Å². The number of ether oxygens (including phenoxy) is 10. The molecule has 2 bridgehead atoms. The number of amides is 4. The Kier molecular flexibility index (Phi) is 39.9. The molecule has 1 aromatic carbocycles. The first-order chi connectivity index (χ1) is 59.7. The van der Waals surface area contributed by atoms with Crippen LogP contribution in [0.4, 0.5) is 11.8 Å². The second-order valence-electron chi connectivity index (χ2n) is 32.9. The Bertz CT molecular complexity index is 4410. The summed E-state index contributed by atoms with van der Waals surface area (Å²) >= 11 is 0. The zero-order valence-electron chi connectivity index (χ0n) is 73.4. The van der Waals surface area contributed by atoms with E-state index in [9.17, 15) is 48.6 Å². The molecule has 684 valence electrons. The van der Waals surface area contributed by atoms with E-state index >= 15 is 0 Å². The SMILES string of the molecule is CO[C@H]1C[C@@H]2CC[C@@H](C)[C@@](O)(O2)C(=O)C(=O)N2CCCC[C@H]2C(=O)O[C@H]([C@H](N)C[C@@H]2CC[C@H](n3cc(CCCC(=O)NCCOCCOCCOCCC(=O)NCCOCCOCCC(=O)NCCCCn4nc(-c5ccc6oc(N)nc6c5)c5c(N)ncnc54)nn3)[C@H](OC)C2)CC(=O)[C@H](C)/C=C(\C)[C@@H](O)[C@@H](OC)C(=O)[C@H](C)C[C@H](C)/C=C/C=CC=C1C. The first kappa shape index (κ1) is 98.6. The zero-order valence-corrected chi connectivity index (χ0v) is 73.4. The molecule has 36 nitrogen and oxygen atoms in total. The molecule has 4 amide bonds. The normalized spacial score (nSPS) is 26.1. The number of aryl methyl sites for hydroxylation is 2. The van der Waals surface area contributed by atoms with E-state index in [0.29, 0.717) is 201 Å². The van der Waals surface area contributed by atoms with E-state index in [1.807, 2.05) is 62.6 Å². The molecule has 36 heteroatoms. The molecule has 1 saturated carbocycles. The van der Waals surface area contributed by atoms with E-state index in [4.69, 9.17) is 74.1 Å². The summed E-state index contributed by atoms with van der Waals surface area (Å²) in [5.74, 6) is -8.63. The van der Waals surface area contributed by atoms with Gasteiger partial charge >= 0.3 is 5.97 Å². The maximum absolute atomic E-state index is 14.8. The molecular formula is C88H131N15O21. The van der Waals surface area contributed by atoms with Crippen molar-refractivity contribution in [3.63, 3.8) is 0 Å². The first-order valence-electron chi connectivity index (χ1n) is 43.7. The molecule has 0 unspecified atom stereocenters. The molecular weight excluding hydrogens is 1600 g/mol. The fourth-order valence-corrected chi connectivity index (χ4v) is 16.3. The van der Waals surface area contributed by atoms with Crippen LogP contribution in [-0.2, 0) is 98.7 Å². The molecule has 15 atom stereocenters. The molecule has 3 fully saturated rings. The van der Waals surface area contributed by atoms with Crippen molar-refractivity contribution in [2.24, 2.45) is 35.3 Å². The minimum absolute atomic E-state index is 0.0183. The second-order valence-corrected chi connectivity index (χ2v) is 32.9. The molecule has 7 heterocycles. The van der Waals surface area contributed by atoms with Crippen molar-refractivity contribution in [2.75, 3.05) is 125 Å². The number of aliphatic hydroxyl groups excluding tert-OH is 1. The van der Waals surface area contributed by atoms with Crippen molar-refractivity contribution in [1.29, 1.82) is 0 Å². The highest BCUT2D eigenvalue weighted by atomic mass is 16.6. The molecule has 0 spiro atoms. The number of nitrogens with two attached hydrogens (primary N) is 3. The van der Waals surface area contributed by atoms with Gasteiger partial charge in [-0.05, 0) is 145 Å². The Morgan fingerprint density at radius 3 is 2.11 bits per heavy atom. The van der Waals surface area contributed by atoms with Gasteiger partial charge in [-0.2, -0.15) is 10.1 Å². The Hall–Kier alpha value is -9.18. The number of aromatic nitrogens is 8. The van der Waals surface area contributed by atoms with Gasteiger partial charge in [0, 0.05) is 122 Å². The van der Waals surface area contributed by atoms with Crippen molar-refractivity contribution < 1.29 is 100 Å². The van der Waals surface area contributed by atoms with Crippen LogP contribution in [0.15, 0.2) is 82.7 Å². The van der Waals surface area contributed by atoms with E-state index in [1.165, 1.54) is 13.4 Å². The fraction of sp³-hybridized carbons (Fsp3) is 0.659.